The van der Waals surface area contributed by atoms with Crippen molar-refractivity contribution in [2.24, 2.45) is 0 Å². The van der Waals surface area contributed by atoms with Crippen LogP contribution in [0.3, 0.4) is 0 Å². The van der Waals surface area contributed by atoms with Gasteiger partial charge in [-0.15, -0.1) is 0 Å². The van der Waals surface area contributed by atoms with Gasteiger partial charge in [0.15, 0.2) is 0 Å². The topological polar surface area (TPSA) is 41.6 Å². The summed E-state index contributed by atoms with van der Waals surface area (Å²) in [5.41, 5.74) is -0.210. The second-order valence-electron chi connectivity index (χ2n) is 5.10. The number of piperidine rings is 1. The number of rotatable bonds is 3. The summed E-state index contributed by atoms with van der Waals surface area (Å²) in [5.74, 6) is 0. The van der Waals surface area contributed by atoms with Gasteiger partial charge in [0.1, 0.15) is 5.60 Å². The largest absolute Gasteiger partial charge is 0.441 e. The minimum atomic E-state index is -0.217. The van der Waals surface area contributed by atoms with Gasteiger partial charge in [-0.3, -0.25) is 0 Å². The molecule has 1 spiro atoms. The summed E-state index contributed by atoms with van der Waals surface area (Å²) in [7, 11) is 2.12. The van der Waals surface area contributed by atoms with Crippen LogP contribution in [0.25, 0.3) is 0 Å². The van der Waals surface area contributed by atoms with E-state index in [1.165, 1.54) is 6.42 Å². The molecule has 2 rings (SSSR count). The molecule has 92 valence electrons. The fourth-order valence-electron chi connectivity index (χ4n) is 2.75. The maximum Gasteiger partial charge on any atom is 0.408 e. The standard InChI is InChI=1S/C12H22N2O2/c1-3-4-5-10-12(16-11(15)13-10)6-8-14(2)9-7-12/h10H,3-9H2,1-2H3,(H,13,15)/t10-/m0/s1. The Morgan fingerprint density at radius 1 is 1.50 bits per heavy atom. The maximum absolute atomic E-state index is 11.4. The number of carbonyl (C=O) groups excluding carboxylic acids is 1. The highest BCUT2D eigenvalue weighted by molar-refractivity contribution is 5.71. The van der Waals surface area contributed by atoms with Gasteiger partial charge in [-0.25, -0.2) is 4.79 Å². The van der Waals surface area contributed by atoms with E-state index in [2.05, 4.69) is 24.2 Å². The molecule has 2 saturated heterocycles. The van der Waals surface area contributed by atoms with Crippen LogP contribution in [0.5, 0.6) is 0 Å². The molecule has 0 bridgehead atoms. The van der Waals surface area contributed by atoms with Gasteiger partial charge in [-0.2, -0.15) is 0 Å². The number of ether oxygens (including phenoxy) is 1. The molecule has 2 aliphatic rings. The Bertz CT molecular complexity index is 260. The molecule has 0 aromatic carbocycles. The van der Waals surface area contributed by atoms with Crippen LogP contribution in [0.4, 0.5) is 4.79 Å². The number of alkyl carbamates (subject to hydrolysis) is 1. The molecular formula is C12H22N2O2. The second-order valence-corrected chi connectivity index (χ2v) is 5.10. The molecule has 2 aliphatic heterocycles. The van der Waals surface area contributed by atoms with Crippen molar-refractivity contribution < 1.29 is 9.53 Å². The average molecular weight is 226 g/mol. The van der Waals surface area contributed by atoms with Crippen molar-refractivity contribution in [2.45, 2.75) is 50.7 Å². The number of unbranched alkanes of at least 4 members (excludes halogenated alkanes) is 1. The molecule has 1 amide bonds. The van der Waals surface area contributed by atoms with E-state index in [1.54, 1.807) is 0 Å². The Labute approximate surface area is 97.3 Å². The van der Waals surface area contributed by atoms with E-state index >= 15 is 0 Å². The molecule has 16 heavy (non-hydrogen) atoms. The van der Waals surface area contributed by atoms with Crippen LogP contribution in [0.1, 0.15) is 39.0 Å². The quantitative estimate of drug-likeness (QED) is 0.797. The van der Waals surface area contributed by atoms with Gasteiger partial charge in [0, 0.05) is 25.9 Å². The first-order valence-corrected chi connectivity index (χ1v) is 6.34. The third kappa shape index (κ3) is 2.17. The summed E-state index contributed by atoms with van der Waals surface area (Å²) in [6.45, 7) is 4.23. The van der Waals surface area contributed by atoms with E-state index in [4.69, 9.17) is 4.74 Å². The Morgan fingerprint density at radius 3 is 2.81 bits per heavy atom. The smallest absolute Gasteiger partial charge is 0.408 e. The van der Waals surface area contributed by atoms with Gasteiger partial charge in [0.25, 0.3) is 0 Å². The number of carbonyl (C=O) groups is 1. The predicted octanol–water partition coefficient (Wildman–Crippen LogP) is 1.75. The molecule has 0 aromatic rings. The fourth-order valence-corrected chi connectivity index (χ4v) is 2.75. The zero-order valence-electron chi connectivity index (χ0n) is 10.3. The first-order valence-electron chi connectivity index (χ1n) is 6.34. The Kier molecular flexibility index (Phi) is 3.38. The Morgan fingerprint density at radius 2 is 2.19 bits per heavy atom. The van der Waals surface area contributed by atoms with E-state index in [0.717, 1.165) is 38.8 Å². The molecule has 1 N–H and O–H groups in total. The van der Waals surface area contributed by atoms with Crippen molar-refractivity contribution in [3.8, 4) is 0 Å². The summed E-state index contributed by atoms with van der Waals surface area (Å²) < 4.78 is 5.57. The number of hydrogen-bond donors (Lipinski definition) is 1. The van der Waals surface area contributed by atoms with Gasteiger partial charge in [-0.1, -0.05) is 19.8 Å². The van der Waals surface area contributed by atoms with E-state index in [1.807, 2.05) is 0 Å². The van der Waals surface area contributed by atoms with Crippen LogP contribution in [-0.4, -0.2) is 42.8 Å². The molecule has 4 nitrogen and oxygen atoms in total. The molecule has 0 saturated carbocycles. The van der Waals surface area contributed by atoms with Gasteiger partial charge < -0.3 is 15.0 Å². The molecule has 0 radical (unpaired) electrons. The van der Waals surface area contributed by atoms with Crippen molar-refractivity contribution in [2.75, 3.05) is 20.1 Å². The lowest BCUT2D eigenvalue weighted by Gasteiger charge is -2.39. The van der Waals surface area contributed by atoms with Crippen molar-refractivity contribution in [1.29, 1.82) is 0 Å². The number of hydrogen-bond acceptors (Lipinski definition) is 3. The molecular weight excluding hydrogens is 204 g/mol. The van der Waals surface area contributed by atoms with Crippen LogP contribution in [0, 0.1) is 0 Å². The lowest BCUT2D eigenvalue weighted by atomic mass is 9.82. The second kappa shape index (κ2) is 4.62. The number of nitrogens with zero attached hydrogens (tertiary/aromatic N) is 1. The van der Waals surface area contributed by atoms with Gasteiger partial charge in [0.2, 0.25) is 0 Å². The average Bonchev–Trinajstić information content (AvgIpc) is 2.57. The van der Waals surface area contributed by atoms with E-state index in [9.17, 15) is 4.79 Å². The number of likely N-dealkylation sites (tertiary alicyclic amines) is 1. The fraction of sp³-hybridized carbons (Fsp3) is 0.917. The lowest BCUT2D eigenvalue weighted by molar-refractivity contribution is -0.0150. The number of nitrogens with one attached hydrogen (secondary N) is 1. The van der Waals surface area contributed by atoms with Crippen LogP contribution < -0.4 is 5.32 Å². The van der Waals surface area contributed by atoms with Crippen molar-refractivity contribution >= 4 is 6.09 Å². The summed E-state index contributed by atoms with van der Waals surface area (Å²) in [5, 5.41) is 2.98. The molecule has 0 unspecified atom stereocenters. The van der Waals surface area contributed by atoms with E-state index in [-0.39, 0.29) is 17.7 Å². The van der Waals surface area contributed by atoms with Crippen molar-refractivity contribution in [3.05, 3.63) is 0 Å². The zero-order chi connectivity index (χ0) is 11.6. The van der Waals surface area contributed by atoms with Crippen LogP contribution in [0.2, 0.25) is 0 Å². The van der Waals surface area contributed by atoms with Gasteiger partial charge in [0.05, 0.1) is 6.04 Å². The van der Waals surface area contributed by atoms with Crippen molar-refractivity contribution in [1.82, 2.24) is 10.2 Å². The SMILES string of the molecule is CCCC[C@@H]1NC(=O)OC12CCN(C)CC2. The van der Waals surface area contributed by atoms with Crippen LogP contribution in [0.15, 0.2) is 0 Å². The third-order valence-corrected chi connectivity index (χ3v) is 3.90. The summed E-state index contributed by atoms with van der Waals surface area (Å²) in [6.07, 6.45) is 5.10. The van der Waals surface area contributed by atoms with Gasteiger partial charge in [-0.05, 0) is 13.5 Å². The highest BCUT2D eigenvalue weighted by Gasteiger charge is 2.49. The lowest BCUT2D eigenvalue weighted by Crippen LogP contribution is -2.51. The van der Waals surface area contributed by atoms with Crippen molar-refractivity contribution in [3.63, 3.8) is 0 Å². The first kappa shape index (κ1) is 11.7. The summed E-state index contributed by atoms with van der Waals surface area (Å²) >= 11 is 0. The molecule has 2 heterocycles. The van der Waals surface area contributed by atoms with Crippen LogP contribution >= 0.6 is 0 Å². The molecule has 1 atom stereocenters. The minimum absolute atomic E-state index is 0.210. The highest BCUT2D eigenvalue weighted by atomic mass is 16.6. The molecule has 0 aromatic heterocycles. The van der Waals surface area contributed by atoms with E-state index < -0.39 is 0 Å². The van der Waals surface area contributed by atoms with E-state index in [0.29, 0.717) is 0 Å². The molecule has 0 aliphatic carbocycles. The third-order valence-electron chi connectivity index (χ3n) is 3.90. The normalized spacial score (nSPS) is 29.1. The predicted molar refractivity (Wildman–Crippen MR) is 62.4 cm³/mol. The van der Waals surface area contributed by atoms with Crippen LogP contribution in [-0.2, 0) is 4.74 Å². The summed E-state index contributed by atoms with van der Waals surface area (Å²) in [4.78, 5) is 13.7. The summed E-state index contributed by atoms with van der Waals surface area (Å²) in [6, 6.07) is 0.230. The first-order chi connectivity index (χ1) is 7.66. The molecule has 4 heteroatoms. The maximum atomic E-state index is 11.4. The Hall–Kier alpha value is -0.770. The monoisotopic (exact) mass is 226 g/mol. The molecule has 2 fully saturated rings. The van der Waals surface area contributed by atoms with Gasteiger partial charge >= 0.3 is 6.09 Å². The minimum Gasteiger partial charge on any atom is -0.441 e. The Balaban J connectivity index is 2.02. The number of amides is 1. The highest BCUT2D eigenvalue weighted by Crippen LogP contribution is 2.35. The zero-order valence-corrected chi connectivity index (χ0v) is 10.3.